The zero-order chi connectivity index (χ0) is 13.0. The summed E-state index contributed by atoms with van der Waals surface area (Å²) in [7, 11) is 0. The molecule has 100 valence electrons. The molecule has 1 aromatic rings. The van der Waals surface area contributed by atoms with E-state index in [1.807, 2.05) is 6.07 Å². The molecule has 0 amide bonds. The molecular formula is C13H18BrClN2O. The van der Waals surface area contributed by atoms with Crippen LogP contribution in [-0.4, -0.2) is 29.3 Å². The van der Waals surface area contributed by atoms with E-state index in [-0.39, 0.29) is 6.61 Å². The van der Waals surface area contributed by atoms with Gasteiger partial charge in [0, 0.05) is 23.3 Å². The molecule has 5 heteroatoms. The van der Waals surface area contributed by atoms with Crippen LogP contribution in [0.25, 0.3) is 0 Å². The van der Waals surface area contributed by atoms with Crippen LogP contribution >= 0.6 is 27.5 Å². The Morgan fingerprint density at radius 1 is 1.39 bits per heavy atom. The monoisotopic (exact) mass is 332 g/mol. The van der Waals surface area contributed by atoms with Crippen molar-refractivity contribution in [3.05, 3.63) is 21.8 Å². The zero-order valence-electron chi connectivity index (χ0n) is 10.3. The third-order valence-corrected chi connectivity index (χ3v) is 4.13. The van der Waals surface area contributed by atoms with Crippen molar-refractivity contribution in [2.75, 3.05) is 18.1 Å². The number of hydrogen-bond acceptors (Lipinski definition) is 3. The summed E-state index contributed by atoms with van der Waals surface area (Å²) in [6.45, 7) is 0.726. The van der Waals surface area contributed by atoms with Crippen molar-refractivity contribution < 1.29 is 5.11 Å². The van der Waals surface area contributed by atoms with Gasteiger partial charge in [0.15, 0.2) is 0 Å². The van der Waals surface area contributed by atoms with Gasteiger partial charge in [-0.15, -0.1) is 0 Å². The van der Waals surface area contributed by atoms with Crippen molar-refractivity contribution in [3.8, 4) is 0 Å². The van der Waals surface area contributed by atoms with Crippen molar-refractivity contribution in [1.82, 2.24) is 4.98 Å². The molecule has 1 saturated carbocycles. The van der Waals surface area contributed by atoms with Crippen LogP contribution in [0.3, 0.4) is 0 Å². The summed E-state index contributed by atoms with van der Waals surface area (Å²) in [5.74, 6) is 0.792. The predicted molar refractivity (Wildman–Crippen MR) is 78.3 cm³/mol. The van der Waals surface area contributed by atoms with Crippen LogP contribution in [0.1, 0.15) is 32.1 Å². The van der Waals surface area contributed by atoms with Gasteiger partial charge in [-0.1, -0.05) is 30.9 Å². The van der Waals surface area contributed by atoms with Gasteiger partial charge in [0.2, 0.25) is 0 Å². The molecular weight excluding hydrogens is 316 g/mol. The summed E-state index contributed by atoms with van der Waals surface area (Å²) in [5, 5.41) is 9.89. The van der Waals surface area contributed by atoms with Crippen LogP contribution in [0, 0.1) is 0 Å². The number of nitrogens with zero attached hydrogens (tertiary/aromatic N) is 2. The molecule has 0 bridgehead atoms. The third kappa shape index (κ3) is 3.37. The normalized spacial score (nSPS) is 16.8. The van der Waals surface area contributed by atoms with Crippen LogP contribution in [0.15, 0.2) is 16.7 Å². The molecule has 3 nitrogen and oxygen atoms in total. The minimum absolute atomic E-state index is 0.130. The number of rotatable bonds is 4. The van der Waals surface area contributed by atoms with Crippen molar-refractivity contribution in [2.24, 2.45) is 0 Å². The van der Waals surface area contributed by atoms with E-state index < -0.39 is 0 Å². The number of halogens is 2. The largest absolute Gasteiger partial charge is 0.395 e. The molecule has 0 spiro atoms. The molecule has 2 rings (SSSR count). The van der Waals surface area contributed by atoms with Gasteiger partial charge in [0.25, 0.3) is 0 Å². The summed E-state index contributed by atoms with van der Waals surface area (Å²) in [4.78, 5) is 6.57. The zero-order valence-corrected chi connectivity index (χ0v) is 12.6. The van der Waals surface area contributed by atoms with Crippen LogP contribution in [0.2, 0.25) is 5.02 Å². The van der Waals surface area contributed by atoms with E-state index in [0.717, 1.165) is 23.1 Å². The summed E-state index contributed by atoms with van der Waals surface area (Å²) in [6.07, 6.45) is 7.89. The van der Waals surface area contributed by atoms with Crippen molar-refractivity contribution >= 4 is 33.3 Å². The Kier molecular flexibility index (Phi) is 5.27. The molecule has 0 atom stereocenters. The van der Waals surface area contributed by atoms with Crippen LogP contribution in [-0.2, 0) is 0 Å². The highest BCUT2D eigenvalue weighted by Gasteiger charge is 2.23. The maximum atomic E-state index is 9.25. The second-order valence-corrected chi connectivity index (χ2v) is 5.99. The molecule has 1 heterocycles. The van der Waals surface area contributed by atoms with Gasteiger partial charge in [-0.05, 0) is 34.8 Å². The standard InChI is InChI=1S/C13H18BrClN2O/c14-10-8-12(15)13(16-9-10)17(6-7-18)11-4-2-1-3-5-11/h8-9,11,18H,1-7H2. The first kappa shape index (κ1) is 14.1. The summed E-state index contributed by atoms with van der Waals surface area (Å²) >= 11 is 9.63. The third-order valence-electron chi connectivity index (χ3n) is 3.42. The average Bonchev–Trinajstić information content (AvgIpc) is 2.38. The Labute approximate surface area is 121 Å². The number of anilines is 1. The molecule has 0 saturated heterocycles. The second kappa shape index (κ2) is 6.73. The van der Waals surface area contributed by atoms with Crippen LogP contribution < -0.4 is 4.90 Å². The topological polar surface area (TPSA) is 36.4 Å². The maximum Gasteiger partial charge on any atom is 0.147 e. The average molecular weight is 334 g/mol. The Morgan fingerprint density at radius 3 is 2.72 bits per heavy atom. The van der Waals surface area contributed by atoms with Crippen molar-refractivity contribution in [1.29, 1.82) is 0 Å². The van der Waals surface area contributed by atoms with Crippen LogP contribution in [0.5, 0.6) is 0 Å². The van der Waals surface area contributed by atoms with E-state index in [2.05, 4.69) is 25.8 Å². The first-order chi connectivity index (χ1) is 8.72. The SMILES string of the molecule is OCCN(c1ncc(Br)cc1Cl)C1CCCCC1. The smallest absolute Gasteiger partial charge is 0.147 e. The Balaban J connectivity index is 2.22. The minimum Gasteiger partial charge on any atom is -0.395 e. The number of aliphatic hydroxyl groups is 1. The van der Waals surface area contributed by atoms with Gasteiger partial charge in [0.1, 0.15) is 5.82 Å². The molecule has 0 aromatic carbocycles. The fraction of sp³-hybridized carbons (Fsp3) is 0.615. The lowest BCUT2D eigenvalue weighted by Crippen LogP contribution is -2.39. The van der Waals surface area contributed by atoms with Gasteiger partial charge >= 0.3 is 0 Å². The lowest BCUT2D eigenvalue weighted by molar-refractivity contribution is 0.289. The van der Waals surface area contributed by atoms with Crippen molar-refractivity contribution in [2.45, 2.75) is 38.1 Å². The Morgan fingerprint density at radius 2 is 2.11 bits per heavy atom. The second-order valence-electron chi connectivity index (χ2n) is 4.67. The highest BCUT2D eigenvalue weighted by Crippen LogP contribution is 2.31. The van der Waals surface area contributed by atoms with Crippen LogP contribution in [0.4, 0.5) is 5.82 Å². The predicted octanol–water partition coefficient (Wildman–Crippen LogP) is 3.63. The summed E-state index contributed by atoms with van der Waals surface area (Å²) in [6, 6.07) is 2.31. The lowest BCUT2D eigenvalue weighted by atomic mass is 9.94. The van der Waals surface area contributed by atoms with E-state index in [4.69, 9.17) is 11.6 Å². The number of aliphatic hydroxyl groups excluding tert-OH is 1. The Hall–Kier alpha value is -0.320. The number of hydrogen-bond donors (Lipinski definition) is 1. The van der Waals surface area contributed by atoms with Gasteiger partial charge in [0.05, 0.1) is 11.6 Å². The first-order valence-corrected chi connectivity index (χ1v) is 7.58. The summed E-state index contributed by atoms with van der Waals surface area (Å²) < 4.78 is 0.879. The van der Waals surface area contributed by atoms with Gasteiger partial charge in [-0.3, -0.25) is 0 Å². The first-order valence-electron chi connectivity index (χ1n) is 6.41. The molecule has 0 radical (unpaired) electrons. The van der Waals surface area contributed by atoms with Gasteiger partial charge < -0.3 is 10.0 Å². The molecule has 0 unspecified atom stereocenters. The van der Waals surface area contributed by atoms with Gasteiger partial charge in [-0.2, -0.15) is 0 Å². The van der Waals surface area contributed by atoms with E-state index in [1.54, 1.807) is 6.20 Å². The minimum atomic E-state index is 0.130. The maximum absolute atomic E-state index is 9.25. The molecule has 0 aliphatic heterocycles. The van der Waals surface area contributed by atoms with E-state index >= 15 is 0 Å². The summed E-state index contributed by atoms with van der Waals surface area (Å²) in [5.41, 5.74) is 0. The molecule has 1 aliphatic rings. The molecule has 1 fully saturated rings. The fourth-order valence-corrected chi connectivity index (χ4v) is 3.32. The number of aromatic nitrogens is 1. The highest BCUT2D eigenvalue weighted by atomic mass is 79.9. The molecule has 1 aliphatic carbocycles. The van der Waals surface area contributed by atoms with Gasteiger partial charge in [-0.25, -0.2) is 4.98 Å². The molecule has 18 heavy (non-hydrogen) atoms. The fourth-order valence-electron chi connectivity index (χ4n) is 2.58. The van der Waals surface area contributed by atoms with E-state index in [9.17, 15) is 5.11 Å². The molecule has 1 N–H and O–H groups in total. The molecule has 1 aromatic heterocycles. The highest BCUT2D eigenvalue weighted by molar-refractivity contribution is 9.10. The van der Waals surface area contributed by atoms with E-state index in [0.29, 0.717) is 17.6 Å². The van der Waals surface area contributed by atoms with Crippen molar-refractivity contribution in [3.63, 3.8) is 0 Å². The Bertz CT molecular complexity index is 397. The number of pyridine rings is 1. The quantitative estimate of drug-likeness (QED) is 0.914. The van der Waals surface area contributed by atoms with E-state index in [1.165, 1.54) is 19.3 Å². The lowest BCUT2D eigenvalue weighted by Gasteiger charge is -2.35.